The monoisotopic (exact) mass is 318 g/mol. The van der Waals surface area contributed by atoms with Gasteiger partial charge in [0.1, 0.15) is 0 Å². The minimum atomic E-state index is -0.251. The molecule has 0 saturated heterocycles. The molecule has 0 aliphatic heterocycles. The first-order valence-corrected chi connectivity index (χ1v) is 7.54. The summed E-state index contributed by atoms with van der Waals surface area (Å²) < 4.78 is 5.13. The number of fused-ring (bicyclic) bond motifs is 1. The van der Waals surface area contributed by atoms with E-state index in [2.05, 4.69) is 4.98 Å². The zero-order valence-electron chi connectivity index (χ0n) is 13.8. The van der Waals surface area contributed by atoms with E-state index in [1.807, 2.05) is 6.20 Å². The lowest BCUT2D eigenvalue weighted by Gasteiger charge is -2.21. The third-order valence-electron chi connectivity index (χ3n) is 3.81. The van der Waals surface area contributed by atoms with Gasteiger partial charge in [-0.05, 0) is 18.1 Å². The van der Waals surface area contributed by atoms with Crippen molar-refractivity contribution in [2.75, 3.05) is 13.7 Å². The highest BCUT2D eigenvalue weighted by Crippen LogP contribution is 2.32. The van der Waals surface area contributed by atoms with Gasteiger partial charge in [-0.3, -0.25) is 14.5 Å². The van der Waals surface area contributed by atoms with Gasteiger partial charge in [0.15, 0.2) is 11.5 Å². The molecule has 2 N–H and O–H groups in total. The van der Waals surface area contributed by atoms with Crippen molar-refractivity contribution in [2.45, 2.75) is 27.2 Å². The van der Waals surface area contributed by atoms with Crippen LogP contribution in [0.1, 0.15) is 26.3 Å². The summed E-state index contributed by atoms with van der Waals surface area (Å²) in [5.74, 6) is -0.195. The van der Waals surface area contributed by atoms with Gasteiger partial charge in [-0.25, -0.2) is 0 Å². The number of nitrogens with zero attached hydrogens (tertiary/aromatic N) is 1. The zero-order valence-corrected chi connectivity index (χ0v) is 13.8. The molecule has 2 rings (SSSR count). The van der Waals surface area contributed by atoms with Crippen LogP contribution in [0, 0.1) is 5.92 Å². The van der Waals surface area contributed by atoms with E-state index >= 15 is 0 Å². The normalized spacial score (nSPS) is 11.0. The largest absolute Gasteiger partial charge is 0.504 e. The Hall–Kier alpha value is -2.50. The van der Waals surface area contributed by atoms with E-state index in [9.17, 15) is 14.7 Å². The highest BCUT2D eigenvalue weighted by Gasteiger charge is 2.21. The molecule has 0 bridgehead atoms. The van der Waals surface area contributed by atoms with Gasteiger partial charge in [0.25, 0.3) is 0 Å². The predicted octanol–water partition coefficient (Wildman–Crippen LogP) is 2.46. The number of aromatic hydroxyl groups is 1. The van der Waals surface area contributed by atoms with Crippen LogP contribution in [0.15, 0.2) is 18.3 Å². The molecule has 1 aromatic heterocycles. The number of imide groups is 1. The maximum Gasteiger partial charge on any atom is 0.231 e. The molecule has 0 spiro atoms. The molecule has 6 heteroatoms. The van der Waals surface area contributed by atoms with Crippen molar-refractivity contribution in [3.63, 3.8) is 0 Å². The van der Waals surface area contributed by atoms with E-state index in [0.29, 0.717) is 18.7 Å². The van der Waals surface area contributed by atoms with Crippen LogP contribution in [-0.4, -0.2) is 40.5 Å². The molecule has 1 aromatic carbocycles. The molecule has 2 aromatic rings. The summed E-state index contributed by atoms with van der Waals surface area (Å²) in [4.78, 5) is 28.2. The van der Waals surface area contributed by atoms with E-state index < -0.39 is 0 Å². The van der Waals surface area contributed by atoms with E-state index in [0.717, 1.165) is 16.5 Å². The van der Waals surface area contributed by atoms with Crippen LogP contribution in [0.3, 0.4) is 0 Å². The number of ether oxygens (including phenoxy) is 1. The Kier molecular flexibility index (Phi) is 4.93. The average Bonchev–Trinajstić information content (AvgIpc) is 2.87. The second-order valence-corrected chi connectivity index (χ2v) is 5.80. The number of phenols is 1. The van der Waals surface area contributed by atoms with Crippen molar-refractivity contribution in [1.29, 1.82) is 0 Å². The van der Waals surface area contributed by atoms with E-state index in [4.69, 9.17) is 4.74 Å². The molecule has 1 heterocycles. The van der Waals surface area contributed by atoms with Crippen molar-refractivity contribution >= 4 is 22.7 Å². The molecule has 124 valence electrons. The summed E-state index contributed by atoms with van der Waals surface area (Å²) in [6, 6.07) is 3.35. The summed E-state index contributed by atoms with van der Waals surface area (Å²) in [6.07, 6.45) is 2.35. The van der Waals surface area contributed by atoms with Gasteiger partial charge in [0.05, 0.1) is 7.11 Å². The quantitative estimate of drug-likeness (QED) is 0.887. The van der Waals surface area contributed by atoms with Crippen LogP contribution in [-0.2, 0) is 16.0 Å². The van der Waals surface area contributed by atoms with Crippen molar-refractivity contribution in [2.24, 2.45) is 5.92 Å². The van der Waals surface area contributed by atoms with Crippen LogP contribution in [0.2, 0.25) is 0 Å². The lowest BCUT2D eigenvalue weighted by Crippen LogP contribution is -2.39. The molecule has 6 nitrogen and oxygen atoms in total. The minimum Gasteiger partial charge on any atom is -0.504 e. The Morgan fingerprint density at radius 3 is 2.61 bits per heavy atom. The fourth-order valence-corrected chi connectivity index (χ4v) is 2.53. The molecule has 0 atom stereocenters. The number of rotatable bonds is 5. The molecular weight excluding hydrogens is 296 g/mol. The summed E-state index contributed by atoms with van der Waals surface area (Å²) in [6.45, 7) is 5.27. The minimum absolute atomic E-state index is 0.0637. The number of H-pyrrole nitrogens is 1. The molecule has 0 radical (unpaired) electrons. The van der Waals surface area contributed by atoms with Crippen LogP contribution in [0.5, 0.6) is 11.5 Å². The van der Waals surface area contributed by atoms with Gasteiger partial charge in [0, 0.05) is 42.6 Å². The fourth-order valence-electron chi connectivity index (χ4n) is 2.53. The first-order chi connectivity index (χ1) is 10.8. The van der Waals surface area contributed by atoms with Gasteiger partial charge >= 0.3 is 0 Å². The number of amides is 2. The molecule has 0 saturated carbocycles. The molecular formula is C17H22N2O4. The maximum absolute atomic E-state index is 12.1. The number of nitrogens with one attached hydrogen (secondary N) is 1. The second kappa shape index (κ2) is 6.73. The molecule has 0 aliphatic carbocycles. The number of hydrogen-bond donors (Lipinski definition) is 2. The third kappa shape index (κ3) is 3.47. The highest BCUT2D eigenvalue weighted by atomic mass is 16.5. The van der Waals surface area contributed by atoms with E-state index in [1.54, 1.807) is 26.0 Å². The van der Waals surface area contributed by atoms with Gasteiger partial charge in [-0.1, -0.05) is 13.8 Å². The van der Waals surface area contributed by atoms with Crippen molar-refractivity contribution in [3.8, 4) is 11.5 Å². The molecule has 0 aliphatic rings. The lowest BCUT2D eigenvalue weighted by atomic mass is 10.1. The zero-order chi connectivity index (χ0) is 17.1. The Labute approximate surface area is 135 Å². The van der Waals surface area contributed by atoms with Gasteiger partial charge in [0.2, 0.25) is 11.8 Å². The highest BCUT2D eigenvalue weighted by molar-refractivity contribution is 5.95. The molecule has 0 unspecified atom stereocenters. The van der Waals surface area contributed by atoms with Gasteiger partial charge < -0.3 is 14.8 Å². The average molecular weight is 318 g/mol. The lowest BCUT2D eigenvalue weighted by molar-refractivity contribution is -0.145. The Morgan fingerprint density at radius 1 is 1.35 bits per heavy atom. The molecule has 2 amide bonds. The van der Waals surface area contributed by atoms with Crippen molar-refractivity contribution in [1.82, 2.24) is 9.88 Å². The van der Waals surface area contributed by atoms with E-state index in [1.165, 1.54) is 18.9 Å². The van der Waals surface area contributed by atoms with Crippen LogP contribution < -0.4 is 4.74 Å². The maximum atomic E-state index is 12.1. The SMILES string of the molecule is COc1cc2c(CCN(C(C)=O)C(=O)C(C)C)c[nH]c2cc1O. The first-order valence-electron chi connectivity index (χ1n) is 7.54. The number of methoxy groups -OCH3 is 1. The Balaban J connectivity index is 2.24. The number of hydrogen-bond acceptors (Lipinski definition) is 4. The standard InChI is InChI=1S/C17H22N2O4/c1-10(2)17(22)19(11(3)20)6-5-12-9-18-14-8-15(21)16(23-4)7-13(12)14/h7-10,18,21H,5-6H2,1-4H3. The topological polar surface area (TPSA) is 82.6 Å². The van der Waals surface area contributed by atoms with Gasteiger partial charge in [-0.15, -0.1) is 0 Å². The van der Waals surface area contributed by atoms with Crippen LogP contribution >= 0.6 is 0 Å². The number of phenolic OH excluding ortho intramolecular Hbond substituents is 1. The molecule has 23 heavy (non-hydrogen) atoms. The molecule has 0 fully saturated rings. The van der Waals surface area contributed by atoms with E-state index in [-0.39, 0.29) is 23.5 Å². The van der Waals surface area contributed by atoms with Gasteiger partial charge in [-0.2, -0.15) is 0 Å². The fraction of sp³-hybridized carbons (Fsp3) is 0.412. The number of benzene rings is 1. The summed E-state index contributed by atoms with van der Waals surface area (Å²) in [5.41, 5.74) is 1.74. The third-order valence-corrected chi connectivity index (χ3v) is 3.81. The number of aromatic nitrogens is 1. The Morgan fingerprint density at radius 2 is 2.04 bits per heavy atom. The van der Waals surface area contributed by atoms with Crippen LogP contribution in [0.25, 0.3) is 10.9 Å². The summed E-state index contributed by atoms with van der Waals surface area (Å²) in [7, 11) is 1.49. The van der Waals surface area contributed by atoms with Crippen molar-refractivity contribution < 1.29 is 19.4 Å². The summed E-state index contributed by atoms with van der Waals surface area (Å²) >= 11 is 0. The number of carbonyl (C=O) groups excluding carboxylic acids is 2. The first kappa shape index (κ1) is 16.9. The van der Waals surface area contributed by atoms with Crippen LogP contribution in [0.4, 0.5) is 0 Å². The number of carbonyl (C=O) groups is 2. The predicted molar refractivity (Wildman–Crippen MR) is 87.5 cm³/mol. The smallest absolute Gasteiger partial charge is 0.231 e. The second-order valence-electron chi connectivity index (χ2n) is 5.80. The Bertz CT molecular complexity index is 734. The summed E-state index contributed by atoms with van der Waals surface area (Å²) in [5, 5.41) is 10.7. The van der Waals surface area contributed by atoms with Crippen molar-refractivity contribution in [3.05, 3.63) is 23.9 Å². The number of aromatic amines is 1.